The molecule has 0 aromatic heterocycles. The minimum Gasteiger partial charge on any atom is -0.334 e. The van der Waals surface area contributed by atoms with Crippen molar-refractivity contribution >= 4 is 5.91 Å². The third-order valence-corrected chi connectivity index (χ3v) is 4.54. The number of nitriles is 1. The number of rotatable bonds is 2. The summed E-state index contributed by atoms with van der Waals surface area (Å²) in [6.07, 6.45) is 3.50. The van der Waals surface area contributed by atoms with Gasteiger partial charge in [-0.3, -0.25) is 4.79 Å². The first-order chi connectivity index (χ1) is 9.47. The molecular formula is C17H22N2O. The zero-order valence-electron chi connectivity index (χ0n) is 12.5. The van der Waals surface area contributed by atoms with E-state index in [-0.39, 0.29) is 5.91 Å². The van der Waals surface area contributed by atoms with Gasteiger partial charge in [0.1, 0.15) is 5.54 Å². The number of nitrogens with one attached hydrogen (secondary N) is 1. The Kier molecular flexibility index (Phi) is 4.13. The Morgan fingerprint density at radius 3 is 2.60 bits per heavy atom. The van der Waals surface area contributed by atoms with E-state index in [1.807, 2.05) is 32.0 Å². The highest BCUT2D eigenvalue weighted by molar-refractivity contribution is 5.96. The standard InChI is InChI=1S/C17H22N2O/c1-12-7-9-17(11-18,10-8-12)19-16(20)15-6-4-5-13(2)14(15)3/h4-6,12H,7-10H2,1-3H3,(H,19,20). The highest BCUT2D eigenvalue weighted by Crippen LogP contribution is 2.31. The number of benzene rings is 1. The van der Waals surface area contributed by atoms with Crippen LogP contribution in [0.15, 0.2) is 18.2 Å². The first kappa shape index (κ1) is 14.6. The van der Waals surface area contributed by atoms with Crippen LogP contribution in [-0.4, -0.2) is 11.4 Å². The Hall–Kier alpha value is -1.82. The van der Waals surface area contributed by atoms with Crippen molar-refractivity contribution in [1.82, 2.24) is 5.32 Å². The number of carbonyl (C=O) groups excluding carboxylic acids is 1. The lowest BCUT2D eigenvalue weighted by atomic mass is 9.78. The highest BCUT2D eigenvalue weighted by atomic mass is 16.1. The molecule has 1 N–H and O–H groups in total. The molecule has 1 fully saturated rings. The van der Waals surface area contributed by atoms with E-state index in [2.05, 4.69) is 18.3 Å². The largest absolute Gasteiger partial charge is 0.334 e. The van der Waals surface area contributed by atoms with Gasteiger partial charge in [0.05, 0.1) is 6.07 Å². The number of hydrogen-bond donors (Lipinski definition) is 1. The monoisotopic (exact) mass is 270 g/mol. The quantitative estimate of drug-likeness (QED) is 0.894. The van der Waals surface area contributed by atoms with E-state index in [1.165, 1.54) is 0 Å². The molecule has 1 saturated carbocycles. The smallest absolute Gasteiger partial charge is 0.252 e. The molecule has 1 aromatic carbocycles. The molecule has 3 nitrogen and oxygen atoms in total. The maximum atomic E-state index is 12.5. The first-order valence-electron chi connectivity index (χ1n) is 7.27. The maximum absolute atomic E-state index is 12.5. The molecule has 0 aliphatic heterocycles. The van der Waals surface area contributed by atoms with Gasteiger partial charge in [0.25, 0.3) is 5.91 Å². The summed E-state index contributed by atoms with van der Waals surface area (Å²) in [5.74, 6) is 0.524. The van der Waals surface area contributed by atoms with Crippen LogP contribution in [0.3, 0.4) is 0 Å². The van der Waals surface area contributed by atoms with E-state index in [0.717, 1.165) is 36.8 Å². The molecule has 2 rings (SSSR count). The van der Waals surface area contributed by atoms with E-state index < -0.39 is 5.54 Å². The number of aryl methyl sites for hydroxylation is 1. The molecule has 106 valence electrons. The third kappa shape index (κ3) is 2.85. The van der Waals surface area contributed by atoms with Crippen LogP contribution in [-0.2, 0) is 0 Å². The van der Waals surface area contributed by atoms with Gasteiger partial charge in [-0.15, -0.1) is 0 Å². The molecule has 0 atom stereocenters. The summed E-state index contributed by atoms with van der Waals surface area (Å²) in [4.78, 5) is 12.5. The Morgan fingerprint density at radius 2 is 2.00 bits per heavy atom. The van der Waals surface area contributed by atoms with Crippen molar-refractivity contribution in [1.29, 1.82) is 5.26 Å². The van der Waals surface area contributed by atoms with Gasteiger partial charge >= 0.3 is 0 Å². The molecule has 20 heavy (non-hydrogen) atoms. The van der Waals surface area contributed by atoms with E-state index in [9.17, 15) is 10.1 Å². The second-order valence-electron chi connectivity index (χ2n) is 6.08. The molecule has 1 aromatic rings. The summed E-state index contributed by atoms with van der Waals surface area (Å²) in [5, 5.41) is 12.5. The lowest BCUT2D eigenvalue weighted by Crippen LogP contribution is -2.49. The topological polar surface area (TPSA) is 52.9 Å². The van der Waals surface area contributed by atoms with Crippen LogP contribution in [0.1, 0.15) is 54.1 Å². The van der Waals surface area contributed by atoms with E-state index in [4.69, 9.17) is 0 Å². The summed E-state index contributed by atoms with van der Waals surface area (Å²) in [6.45, 7) is 6.15. The van der Waals surface area contributed by atoms with Crippen molar-refractivity contribution in [2.75, 3.05) is 0 Å². The van der Waals surface area contributed by atoms with Gasteiger partial charge in [0, 0.05) is 5.56 Å². The van der Waals surface area contributed by atoms with Gasteiger partial charge in [0.15, 0.2) is 0 Å². The third-order valence-electron chi connectivity index (χ3n) is 4.54. The van der Waals surface area contributed by atoms with Crippen molar-refractivity contribution < 1.29 is 4.79 Å². The minimum absolute atomic E-state index is 0.123. The maximum Gasteiger partial charge on any atom is 0.252 e. The van der Waals surface area contributed by atoms with Gasteiger partial charge in [-0.05, 0) is 62.6 Å². The zero-order valence-corrected chi connectivity index (χ0v) is 12.5. The van der Waals surface area contributed by atoms with Crippen LogP contribution in [0.25, 0.3) is 0 Å². The Balaban J connectivity index is 2.18. The Bertz CT molecular complexity index is 549. The fraction of sp³-hybridized carbons (Fsp3) is 0.529. The van der Waals surface area contributed by atoms with Crippen molar-refractivity contribution in [3.8, 4) is 6.07 Å². The summed E-state index contributed by atoms with van der Waals surface area (Å²) >= 11 is 0. The van der Waals surface area contributed by atoms with Crippen molar-refractivity contribution in [2.24, 2.45) is 5.92 Å². The zero-order chi connectivity index (χ0) is 14.8. The summed E-state index contributed by atoms with van der Waals surface area (Å²) in [7, 11) is 0. The Labute approximate surface area is 121 Å². The lowest BCUT2D eigenvalue weighted by Gasteiger charge is -2.34. The first-order valence-corrected chi connectivity index (χ1v) is 7.27. The number of amides is 1. The highest BCUT2D eigenvalue weighted by Gasteiger charge is 2.36. The van der Waals surface area contributed by atoms with Crippen LogP contribution in [0.4, 0.5) is 0 Å². The van der Waals surface area contributed by atoms with E-state index >= 15 is 0 Å². The van der Waals surface area contributed by atoms with Gasteiger partial charge in [-0.1, -0.05) is 19.1 Å². The summed E-state index contributed by atoms with van der Waals surface area (Å²) in [5.41, 5.74) is 2.08. The normalized spacial score (nSPS) is 25.8. The fourth-order valence-electron chi connectivity index (χ4n) is 2.80. The molecule has 1 aliphatic rings. The van der Waals surface area contributed by atoms with E-state index in [0.29, 0.717) is 11.5 Å². The van der Waals surface area contributed by atoms with Crippen LogP contribution in [0.2, 0.25) is 0 Å². The molecule has 0 spiro atoms. The van der Waals surface area contributed by atoms with E-state index in [1.54, 1.807) is 0 Å². The van der Waals surface area contributed by atoms with Gasteiger partial charge in [-0.2, -0.15) is 5.26 Å². The molecule has 1 aliphatic carbocycles. The summed E-state index contributed by atoms with van der Waals surface area (Å²) in [6, 6.07) is 8.05. The Morgan fingerprint density at radius 1 is 1.35 bits per heavy atom. The van der Waals surface area contributed by atoms with Crippen molar-refractivity contribution in [2.45, 2.75) is 52.0 Å². The number of nitrogens with zero attached hydrogens (tertiary/aromatic N) is 1. The van der Waals surface area contributed by atoms with Gasteiger partial charge in [-0.25, -0.2) is 0 Å². The van der Waals surface area contributed by atoms with Gasteiger partial charge in [0.2, 0.25) is 0 Å². The molecule has 0 unspecified atom stereocenters. The predicted octanol–water partition coefficient (Wildman–Crippen LogP) is 3.51. The van der Waals surface area contributed by atoms with Crippen LogP contribution in [0.5, 0.6) is 0 Å². The fourth-order valence-corrected chi connectivity index (χ4v) is 2.80. The van der Waals surface area contributed by atoms with Crippen LogP contribution in [0, 0.1) is 31.1 Å². The molecule has 0 heterocycles. The molecule has 3 heteroatoms. The number of hydrogen-bond acceptors (Lipinski definition) is 2. The van der Waals surface area contributed by atoms with Crippen molar-refractivity contribution in [3.05, 3.63) is 34.9 Å². The second-order valence-corrected chi connectivity index (χ2v) is 6.08. The van der Waals surface area contributed by atoms with Gasteiger partial charge < -0.3 is 5.32 Å². The molecule has 0 bridgehead atoms. The molecular weight excluding hydrogens is 248 g/mol. The molecule has 0 saturated heterocycles. The lowest BCUT2D eigenvalue weighted by molar-refractivity contribution is 0.0893. The second kappa shape index (κ2) is 5.66. The minimum atomic E-state index is -0.681. The molecule has 0 radical (unpaired) electrons. The molecule has 1 amide bonds. The average Bonchev–Trinajstić information content (AvgIpc) is 2.44. The van der Waals surface area contributed by atoms with Crippen LogP contribution < -0.4 is 5.32 Å². The number of carbonyl (C=O) groups is 1. The SMILES string of the molecule is Cc1cccc(C(=O)NC2(C#N)CCC(C)CC2)c1C. The summed E-state index contributed by atoms with van der Waals surface area (Å²) < 4.78 is 0. The van der Waals surface area contributed by atoms with Crippen molar-refractivity contribution in [3.63, 3.8) is 0 Å². The van der Waals surface area contributed by atoms with Crippen LogP contribution >= 0.6 is 0 Å². The average molecular weight is 270 g/mol. The predicted molar refractivity (Wildman–Crippen MR) is 79.4 cm³/mol.